The first kappa shape index (κ1) is 20.0. The van der Waals surface area contributed by atoms with Crippen LogP contribution in [0.5, 0.6) is 0 Å². The van der Waals surface area contributed by atoms with Crippen molar-refractivity contribution in [3.63, 3.8) is 0 Å². The molecule has 0 atom stereocenters. The average Bonchev–Trinajstić information content (AvgIpc) is 2.58. The molecule has 0 fully saturated rings. The minimum atomic E-state index is -3.45. The van der Waals surface area contributed by atoms with Crippen LogP contribution >= 0.6 is 0 Å². The number of nitrogens with one attached hydrogen (secondary N) is 1. The van der Waals surface area contributed by atoms with Gasteiger partial charge >= 0.3 is 0 Å². The van der Waals surface area contributed by atoms with Gasteiger partial charge in [0.1, 0.15) is 0 Å². The smallest absolute Gasteiger partial charge is 0.251 e. The molecule has 2 aromatic rings. The molecule has 26 heavy (non-hydrogen) atoms. The maximum absolute atomic E-state index is 12.3. The minimum absolute atomic E-state index is 0.157. The Bertz CT molecular complexity index is 859. The lowest BCUT2D eigenvalue weighted by Gasteiger charge is -2.23. The van der Waals surface area contributed by atoms with Crippen molar-refractivity contribution in [2.45, 2.75) is 27.3 Å². The number of carbonyl (C=O) groups excluding carboxylic acids is 1. The molecule has 0 saturated heterocycles. The zero-order valence-corrected chi connectivity index (χ0v) is 16.5. The summed E-state index contributed by atoms with van der Waals surface area (Å²) in [5, 5.41) is 2.85. The summed E-state index contributed by atoms with van der Waals surface area (Å²) in [6.45, 7) is 6.86. The number of benzene rings is 2. The second-order valence-electron chi connectivity index (χ2n) is 6.85. The molecule has 140 valence electrons. The summed E-state index contributed by atoms with van der Waals surface area (Å²) in [5.41, 5.74) is 3.03. The number of nitrogens with zero attached hydrogens (tertiary/aromatic N) is 1. The van der Waals surface area contributed by atoms with E-state index in [9.17, 15) is 13.2 Å². The molecule has 0 aliphatic heterocycles. The molecule has 2 aromatic carbocycles. The third kappa shape index (κ3) is 5.33. The van der Waals surface area contributed by atoms with E-state index in [1.807, 2.05) is 45.0 Å². The zero-order chi connectivity index (χ0) is 19.3. The van der Waals surface area contributed by atoms with E-state index in [0.717, 1.165) is 11.1 Å². The molecule has 0 unspecified atom stereocenters. The van der Waals surface area contributed by atoms with E-state index in [4.69, 9.17) is 0 Å². The molecule has 0 aliphatic carbocycles. The first-order valence-corrected chi connectivity index (χ1v) is 10.4. The number of hydrogen-bond acceptors (Lipinski definition) is 3. The van der Waals surface area contributed by atoms with Gasteiger partial charge in [0.15, 0.2) is 0 Å². The Labute approximate surface area is 156 Å². The summed E-state index contributed by atoms with van der Waals surface area (Å²) >= 11 is 0. The monoisotopic (exact) mass is 374 g/mol. The number of sulfonamides is 1. The van der Waals surface area contributed by atoms with Gasteiger partial charge in [-0.1, -0.05) is 38.1 Å². The Hall–Kier alpha value is -2.34. The molecular formula is C20H26N2O3S. The van der Waals surface area contributed by atoms with Crippen LogP contribution < -0.4 is 9.62 Å². The normalized spacial score (nSPS) is 11.4. The summed E-state index contributed by atoms with van der Waals surface area (Å²) in [6, 6.07) is 14.3. The van der Waals surface area contributed by atoms with Crippen molar-refractivity contribution in [2.75, 3.05) is 17.1 Å². The summed E-state index contributed by atoms with van der Waals surface area (Å²) in [4.78, 5) is 12.1. The van der Waals surface area contributed by atoms with E-state index in [0.29, 0.717) is 23.7 Å². The Morgan fingerprint density at radius 1 is 1.08 bits per heavy atom. The van der Waals surface area contributed by atoms with E-state index in [1.54, 1.807) is 24.3 Å². The molecule has 6 heteroatoms. The van der Waals surface area contributed by atoms with Crippen LogP contribution in [-0.2, 0) is 16.6 Å². The Kier molecular flexibility index (Phi) is 6.42. The summed E-state index contributed by atoms with van der Waals surface area (Å²) in [7, 11) is -3.45. The van der Waals surface area contributed by atoms with E-state index >= 15 is 0 Å². The summed E-state index contributed by atoms with van der Waals surface area (Å²) in [5.74, 6) is 0.211. The third-order valence-corrected chi connectivity index (χ3v) is 5.20. The fourth-order valence-electron chi connectivity index (χ4n) is 2.52. The van der Waals surface area contributed by atoms with Crippen LogP contribution in [0.4, 0.5) is 5.69 Å². The molecule has 1 N–H and O–H groups in total. The van der Waals surface area contributed by atoms with Crippen LogP contribution in [0.25, 0.3) is 0 Å². The highest BCUT2D eigenvalue weighted by Gasteiger charge is 2.19. The van der Waals surface area contributed by atoms with E-state index in [2.05, 4.69) is 5.32 Å². The van der Waals surface area contributed by atoms with Gasteiger partial charge in [0, 0.05) is 12.1 Å². The van der Waals surface area contributed by atoms with Crippen LogP contribution in [0.1, 0.15) is 35.3 Å². The molecule has 0 saturated carbocycles. The quantitative estimate of drug-likeness (QED) is 0.808. The molecule has 0 aromatic heterocycles. The van der Waals surface area contributed by atoms with Gasteiger partial charge in [-0.2, -0.15) is 0 Å². The fourth-order valence-corrected chi connectivity index (χ4v) is 3.40. The largest absolute Gasteiger partial charge is 0.352 e. The minimum Gasteiger partial charge on any atom is -0.352 e. The van der Waals surface area contributed by atoms with Gasteiger partial charge in [0.25, 0.3) is 5.91 Å². The lowest BCUT2D eigenvalue weighted by molar-refractivity contribution is 0.0949. The SMILES string of the molecule is Cc1ccccc1CN(c1ccc(C(=O)NCC(C)C)cc1)S(C)(=O)=O. The highest BCUT2D eigenvalue weighted by atomic mass is 32.2. The molecule has 0 bridgehead atoms. The Balaban J connectivity index is 2.24. The number of carbonyl (C=O) groups is 1. The van der Waals surface area contributed by atoms with Gasteiger partial charge in [-0.3, -0.25) is 9.10 Å². The Morgan fingerprint density at radius 2 is 1.69 bits per heavy atom. The Morgan fingerprint density at radius 3 is 2.23 bits per heavy atom. The predicted molar refractivity (Wildman–Crippen MR) is 106 cm³/mol. The van der Waals surface area contributed by atoms with Gasteiger partial charge in [-0.25, -0.2) is 8.42 Å². The average molecular weight is 375 g/mol. The van der Waals surface area contributed by atoms with Crippen molar-refractivity contribution in [3.8, 4) is 0 Å². The molecule has 0 spiro atoms. The molecule has 2 rings (SSSR count). The van der Waals surface area contributed by atoms with Crippen LogP contribution in [0.15, 0.2) is 48.5 Å². The van der Waals surface area contributed by atoms with Crippen molar-refractivity contribution >= 4 is 21.6 Å². The van der Waals surface area contributed by atoms with Crippen molar-refractivity contribution in [3.05, 3.63) is 65.2 Å². The number of anilines is 1. The van der Waals surface area contributed by atoms with Gasteiger partial charge < -0.3 is 5.32 Å². The zero-order valence-electron chi connectivity index (χ0n) is 15.7. The summed E-state index contributed by atoms with van der Waals surface area (Å²) < 4.78 is 25.9. The highest BCUT2D eigenvalue weighted by Crippen LogP contribution is 2.22. The first-order chi connectivity index (χ1) is 12.2. The van der Waals surface area contributed by atoms with Crippen molar-refractivity contribution in [1.29, 1.82) is 0 Å². The van der Waals surface area contributed by atoms with Gasteiger partial charge in [-0.15, -0.1) is 0 Å². The molecule has 0 radical (unpaired) electrons. The second kappa shape index (κ2) is 8.36. The van der Waals surface area contributed by atoms with Crippen molar-refractivity contribution in [1.82, 2.24) is 5.32 Å². The predicted octanol–water partition coefficient (Wildman–Crippen LogP) is 3.35. The number of hydrogen-bond donors (Lipinski definition) is 1. The van der Waals surface area contributed by atoms with Crippen molar-refractivity contribution < 1.29 is 13.2 Å². The van der Waals surface area contributed by atoms with E-state index in [-0.39, 0.29) is 12.5 Å². The van der Waals surface area contributed by atoms with E-state index in [1.165, 1.54) is 10.6 Å². The lowest BCUT2D eigenvalue weighted by Crippen LogP contribution is -2.30. The van der Waals surface area contributed by atoms with Gasteiger partial charge in [0.05, 0.1) is 18.5 Å². The third-order valence-electron chi connectivity index (χ3n) is 4.06. The highest BCUT2D eigenvalue weighted by molar-refractivity contribution is 7.92. The molecule has 5 nitrogen and oxygen atoms in total. The standard InChI is InChI=1S/C20H26N2O3S/c1-15(2)13-21-20(23)17-9-11-19(12-10-17)22(26(4,24)25)14-18-8-6-5-7-16(18)3/h5-12,15H,13-14H2,1-4H3,(H,21,23). The van der Waals surface area contributed by atoms with Crippen LogP contribution in [0, 0.1) is 12.8 Å². The van der Waals surface area contributed by atoms with Gasteiger partial charge in [0.2, 0.25) is 10.0 Å². The maximum atomic E-state index is 12.3. The molecular weight excluding hydrogens is 348 g/mol. The van der Waals surface area contributed by atoms with Gasteiger partial charge in [-0.05, 0) is 48.2 Å². The lowest BCUT2D eigenvalue weighted by atomic mass is 10.1. The summed E-state index contributed by atoms with van der Waals surface area (Å²) in [6.07, 6.45) is 1.19. The van der Waals surface area contributed by atoms with Crippen LogP contribution in [0.2, 0.25) is 0 Å². The molecule has 1 amide bonds. The number of amides is 1. The van der Waals surface area contributed by atoms with Crippen LogP contribution in [0.3, 0.4) is 0 Å². The maximum Gasteiger partial charge on any atom is 0.251 e. The molecule has 0 aliphatic rings. The number of rotatable bonds is 7. The van der Waals surface area contributed by atoms with Crippen molar-refractivity contribution in [2.24, 2.45) is 5.92 Å². The number of aryl methyl sites for hydroxylation is 1. The fraction of sp³-hybridized carbons (Fsp3) is 0.350. The van der Waals surface area contributed by atoms with E-state index < -0.39 is 10.0 Å². The molecule has 0 heterocycles. The first-order valence-electron chi connectivity index (χ1n) is 8.59. The topological polar surface area (TPSA) is 66.5 Å². The second-order valence-corrected chi connectivity index (χ2v) is 8.75. The van der Waals surface area contributed by atoms with Crippen LogP contribution in [-0.4, -0.2) is 27.1 Å².